The molecule has 0 aliphatic heterocycles. The molecule has 1 aliphatic carbocycles. The molecule has 2 aromatic carbocycles. The van der Waals surface area contributed by atoms with E-state index in [1.165, 1.54) is 0 Å². The van der Waals surface area contributed by atoms with Crippen molar-refractivity contribution in [2.45, 2.75) is 57.5 Å². The van der Waals surface area contributed by atoms with Gasteiger partial charge in [-0.25, -0.2) is 0 Å². The van der Waals surface area contributed by atoms with Crippen LogP contribution in [0.4, 0.5) is 0 Å². The molecule has 154 valence electrons. The van der Waals surface area contributed by atoms with Crippen LogP contribution in [0.2, 0.25) is 0 Å². The fraction of sp³-hybridized carbons (Fsp3) is 0.435. The minimum atomic E-state index is -0.981. The molecule has 0 heterocycles. The largest absolute Gasteiger partial charge is 0.481 e. The Bertz CT molecular complexity index is 884. The summed E-state index contributed by atoms with van der Waals surface area (Å²) in [5.41, 5.74) is 0.779. The quantitative estimate of drug-likeness (QED) is 0.636. The summed E-state index contributed by atoms with van der Waals surface area (Å²) < 4.78 is 0. The first-order valence-corrected chi connectivity index (χ1v) is 10.2. The van der Waals surface area contributed by atoms with Gasteiger partial charge in [0.15, 0.2) is 0 Å². The minimum Gasteiger partial charge on any atom is -0.481 e. The van der Waals surface area contributed by atoms with E-state index < -0.39 is 12.0 Å². The van der Waals surface area contributed by atoms with E-state index in [2.05, 4.69) is 10.6 Å². The number of hydrogen-bond acceptors (Lipinski definition) is 3. The van der Waals surface area contributed by atoms with Crippen LogP contribution in [0, 0.1) is 5.92 Å². The van der Waals surface area contributed by atoms with Gasteiger partial charge in [0.25, 0.3) is 0 Å². The van der Waals surface area contributed by atoms with Gasteiger partial charge < -0.3 is 15.7 Å². The van der Waals surface area contributed by atoms with Gasteiger partial charge in [-0.1, -0.05) is 55.3 Å². The predicted octanol–water partition coefficient (Wildman–Crippen LogP) is 3.56. The molecule has 1 unspecified atom stereocenters. The zero-order valence-electron chi connectivity index (χ0n) is 16.7. The van der Waals surface area contributed by atoms with Crippen LogP contribution in [0.15, 0.2) is 42.5 Å². The minimum absolute atomic E-state index is 0.0129. The number of aliphatic carboxylic acids is 1. The molecule has 29 heavy (non-hydrogen) atoms. The molecule has 0 spiro atoms. The monoisotopic (exact) mass is 396 g/mol. The highest BCUT2D eigenvalue weighted by Gasteiger charge is 2.25. The van der Waals surface area contributed by atoms with Crippen LogP contribution in [0.5, 0.6) is 0 Å². The van der Waals surface area contributed by atoms with Crippen LogP contribution < -0.4 is 10.6 Å². The molecule has 1 saturated carbocycles. The second-order valence-corrected chi connectivity index (χ2v) is 7.88. The zero-order valence-corrected chi connectivity index (χ0v) is 16.7. The summed E-state index contributed by atoms with van der Waals surface area (Å²) in [4.78, 5) is 36.3. The number of hydrogen-bond donors (Lipinski definition) is 3. The van der Waals surface area contributed by atoms with Gasteiger partial charge in [0.05, 0.1) is 12.5 Å². The molecule has 0 radical (unpaired) electrons. The van der Waals surface area contributed by atoms with Crippen LogP contribution in [0.25, 0.3) is 10.8 Å². The number of rotatable bonds is 8. The van der Waals surface area contributed by atoms with Crippen molar-refractivity contribution in [3.05, 3.63) is 48.0 Å². The van der Waals surface area contributed by atoms with Crippen molar-refractivity contribution in [2.75, 3.05) is 0 Å². The molecule has 3 rings (SSSR count). The first kappa shape index (κ1) is 20.8. The lowest BCUT2D eigenvalue weighted by Crippen LogP contribution is -2.40. The van der Waals surface area contributed by atoms with E-state index in [1.54, 1.807) is 6.92 Å². The third kappa shape index (κ3) is 5.56. The summed E-state index contributed by atoms with van der Waals surface area (Å²) in [6.45, 7) is 1.80. The van der Waals surface area contributed by atoms with Crippen molar-refractivity contribution in [3.63, 3.8) is 0 Å². The third-order valence-electron chi connectivity index (χ3n) is 5.52. The van der Waals surface area contributed by atoms with Gasteiger partial charge in [-0.2, -0.15) is 0 Å². The van der Waals surface area contributed by atoms with Crippen molar-refractivity contribution < 1.29 is 19.5 Å². The summed E-state index contributed by atoms with van der Waals surface area (Å²) in [5, 5.41) is 17.0. The Morgan fingerprint density at radius 1 is 1.00 bits per heavy atom. The van der Waals surface area contributed by atoms with Gasteiger partial charge in [-0.3, -0.25) is 14.4 Å². The summed E-state index contributed by atoms with van der Waals surface area (Å²) in [6.07, 6.45) is 3.88. The van der Waals surface area contributed by atoms with Crippen LogP contribution in [-0.2, 0) is 14.4 Å². The summed E-state index contributed by atoms with van der Waals surface area (Å²) in [5.74, 6) is -1.19. The average molecular weight is 396 g/mol. The number of nitrogens with one attached hydrogen (secondary N) is 2. The standard InChI is InChI=1S/C23H28N2O4/c1-15(24-23(29)17-8-2-3-9-17)13-21(26)25-20(14-22(27)28)19-12-6-10-16-7-4-5-11-18(16)19/h4-7,10-12,15,17,20H,2-3,8-9,13-14H2,1H3,(H,24,29)(H,25,26)(H,27,28)/t15?,20-/m1/s1. The van der Waals surface area contributed by atoms with Crippen molar-refractivity contribution in [2.24, 2.45) is 5.92 Å². The Morgan fingerprint density at radius 2 is 1.69 bits per heavy atom. The van der Waals surface area contributed by atoms with Gasteiger partial charge in [0.1, 0.15) is 0 Å². The molecular formula is C23H28N2O4. The molecular weight excluding hydrogens is 368 g/mol. The number of carbonyl (C=O) groups is 3. The lowest BCUT2D eigenvalue weighted by Gasteiger charge is -2.21. The van der Waals surface area contributed by atoms with E-state index >= 15 is 0 Å². The van der Waals surface area contributed by atoms with Crippen LogP contribution in [0.1, 0.15) is 57.1 Å². The highest BCUT2D eigenvalue weighted by Crippen LogP contribution is 2.27. The van der Waals surface area contributed by atoms with Gasteiger partial charge in [-0.15, -0.1) is 0 Å². The first-order chi connectivity index (χ1) is 13.9. The van der Waals surface area contributed by atoms with Crippen molar-refractivity contribution in [1.82, 2.24) is 10.6 Å². The van der Waals surface area contributed by atoms with E-state index in [-0.39, 0.29) is 36.6 Å². The highest BCUT2D eigenvalue weighted by molar-refractivity contribution is 5.88. The Hall–Kier alpha value is -2.89. The molecule has 2 amide bonds. The van der Waals surface area contributed by atoms with Gasteiger partial charge >= 0.3 is 5.97 Å². The SMILES string of the molecule is CC(CC(=O)N[C@H](CC(=O)O)c1cccc2ccccc12)NC(=O)C1CCCC1. The molecule has 6 nitrogen and oxygen atoms in total. The smallest absolute Gasteiger partial charge is 0.305 e. The molecule has 1 aliphatic rings. The summed E-state index contributed by atoms with van der Waals surface area (Å²) in [7, 11) is 0. The van der Waals surface area contributed by atoms with E-state index in [9.17, 15) is 19.5 Å². The fourth-order valence-electron chi connectivity index (χ4n) is 4.10. The highest BCUT2D eigenvalue weighted by atomic mass is 16.4. The predicted molar refractivity (Wildman–Crippen MR) is 111 cm³/mol. The van der Waals surface area contributed by atoms with Crippen molar-refractivity contribution in [1.29, 1.82) is 0 Å². The number of carboxylic acid groups (broad SMARTS) is 1. The van der Waals surface area contributed by atoms with E-state index in [4.69, 9.17) is 0 Å². The maximum absolute atomic E-state index is 12.6. The first-order valence-electron chi connectivity index (χ1n) is 10.2. The lowest BCUT2D eigenvalue weighted by molar-refractivity contribution is -0.137. The molecule has 0 aromatic heterocycles. The molecule has 2 atom stereocenters. The normalized spacial score (nSPS) is 16.3. The molecule has 2 aromatic rings. The fourth-order valence-corrected chi connectivity index (χ4v) is 4.10. The van der Waals surface area contributed by atoms with E-state index in [0.29, 0.717) is 0 Å². The molecule has 3 N–H and O–H groups in total. The zero-order chi connectivity index (χ0) is 20.8. The maximum Gasteiger partial charge on any atom is 0.305 e. The van der Waals surface area contributed by atoms with Crippen LogP contribution >= 0.6 is 0 Å². The Morgan fingerprint density at radius 3 is 2.41 bits per heavy atom. The maximum atomic E-state index is 12.6. The van der Waals surface area contributed by atoms with E-state index in [1.807, 2.05) is 42.5 Å². The molecule has 0 saturated heterocycles. The Labute approximate surface area is 170 Å². The summed E-state index contributed by atoms with van der Waals surface area (Å²) >= 11 is 0. The second kappa shape index (κ2) is 9.54. The van der Waals surface area contributed by atoms with Gasteiger partial charge in [0.2, 0.25) is 11.8 Å². The Balaban J connectivity index is 1.67. The number of amides is 2. The second-order valence-electron chi connectivity index (χ2n) is 7.88. The van der Waals surface area contributed by atoms with E-state index in [0.717, 1.165) is 42.0 Å². The van der Waals surface area contributed by atoms with Crippen molar-refractivity contribution in [3.8, 4) is 0 Å². The number of fused-ring (bicyclic) bond motifs is 1. The topological polar surface area (TPSA) is 95.5 Å². The number of carboxylic acids is 1. The summed E-state index contributed by atoms with van der Waals surface area (Å²) in [6, 6.07) is 12.4. The third-order valence-corrected chi connectivity index (χ3v) is 5.52. The van der Waals surface area contributed by atoms with Gasteiger partial charge in [-0.05, 0) is 36.1 Å². The van der Waals surface area contributed by atoms with Crippen LogP contribution in [0.3, 0.4) is 0 Å². The van der Waals surface area contributed by atoms with Gasteiger partial charge in [0, 0.05) is 18.4 Å². The number of benzene rings is 2. The molecule has 1 fully saturated rings. The molecule has 6 heteroatoms. The van der Waals surface area contributed by atoms with Crippen LogP contribution in [-0.4, -0.2) is 28.9 Å². The lowest BCUT2D eigenvalue weighted by atomic mass is 9.96. The number of carbonyl (C=O) groups excluding carboxylic acids is 2. The Kier molecular flexibility index (Phi) is 6.86. The molecule has 0 bridgehead atoms. The van der Waals surface area contributed by atoms with Crippen molar-refractivity contribution >= 4 is 28.6 Å². The average Bonchev–Trinajstić information content (AvgIpc) is 3.21.